The van der Waals surface area contributed by atoms with Gasteiger partial charge in [-0.05, 0) is 56.3 Å². The zero-order valence-corrected chi connectivity index (χ0v) is 15.6. The maximum Gasteiger partial charge on any atom is 0.250 e. The van der Waals surface area contributed by atoms with E-state index in [1.165, 1.54) is 0 Å². The van der Waals surface area contributed by atoms with Gasteiger partial charge in [0.2, 0.25) is 5.91 Å². The van der Waals surface area contributed by atoms with Crippen LogP contribution in [0.1, 0.15) is 27.7 Å². The first-order valence-corrected chi connectivity index (χ1v) is 8.30. The predicted molar refractivity (Wildman–Crippen MR) is 90.2 cm³/mol. The number of piperazine rings is 1. The second-order valence-electron chi connectivity index (χ2n) is 6.26. The summed E-state index contributed by atoms with van der Waals surface area (Å²) < 4.78 is 1.55. The molecule has 2 unspecified atom stereocenters. The minimum Gasteiger partial charge on any atom is -0.342 e. The van der Waals surface area contributed by atoms with E-state index in [9.17, 15) is 9.59 Å². The highest BCUT2D eigenvalue weighted by Gasteiger charge is 2.45. The third kappa shape index (κ3) is 3.01. The fourth-order valence-electron chi connectivity index (χ4n) is 2.38. The fraction of sp³-hybridized carbons (Fsp3) is 0.467. The third-order valence-corrected chi connectivity index (χ3v) is 4.86. The van der Waals surface area contributed by atoms with Crippen molar-refractivity contribution in [2.24, 2.45) is 5.41 Å². The Hall–Kier alpha value is -0.880. The number of amides is 2. The minimum atomic E-state index is -0.550. The highest BCUT2D eigenvalue weighted by atomic mass is 79.9. The summed E-state index contributed by atoms with van der Waals surface area (Å²) in [4.78, 5) is 26.7. The van der Waals surface area contributed by atoms with Gasteiger partial charge in [0.25, 0.3) is 5.91 Å². The van der Waals surface area contributed by atoms with Crippen molar-refractivity contribution in [1.29, 1.82) is 0 Å². The Kier molecular flexibility index (Phi) is 4.49. The number of anilines is 1. The van der Waals surface area contributed by atoms with Crippen LogP contribution in [0.4, 0.5) is 5.69 Å². The molecule has 1 aromatic rings. The van der Waals surface area contributed by atoms with Gasteiger partial charge in [0.15, 0.2) is 0 Å². The molecule has 1 saturated heterocycles. The van der Waals surface area contributed by atoms with E-state index < -0.39 is 12.1 Å². The average molecular weight is 418 g/mol. The Morgan fingerprint density at radius 2 is 1.67 bits per heavy atom. The molecule has 1 aromatic carbocycles. The van der Waals surface area contributed by atoms with Crippen molar-refractivity contribution in [3.05, 3.63) is 27.1 Å². The number of hydrogen-bond donors (Lipinski definition) is 1. The van der Waals surface area contributed by atoms with E-state index in [0.717, 1.165) is 8.95 Å². The first kappa shape index (κ1) is 16.5. The number of carbonyl (C=O) groups is 2. The monoisotopic (exact) mass is 416 g/mol. The summed E-state index contributed by atoms with van der Waals surface area (Å²) in [6.07, 6.45) is 0. The largest absolute Gasteiger partial charge is 0.342 e. The van der Waals surface area contributed by atoms with Crippen LogP contribution >= 0.6 is 31.9 Å². The van der Waals surface area contributed by atoms with Gasteiger partial charge in [-0.1, -0.05) is 26.8 Å². The molecule has 4 nitrogen and oxygen atoms in total. The Bertz CT molecular complexity index is 576. The van der Waals surface area contributed by atoms with Crippen LogP contribution < -0.4 is 10.2 Å². The zero-order chi connectivity index (χ0) is 15.9. The molecule has 1 aliphatic heterocycles. The van der Waals surface area contributed by atoms with Gasteiger partial charge in [-0.25, -0.2) is 0 Å². The molecular formula is C15H18Br2N2O2. The molecule has 1 N–H and O–H groups in total. The van der Waals surface area contributed by atoms with E-state index in [2.05, 4.69) is 37.2 Å². The van der Waals surface area contributed by atoms with Crippen molar-refractivity contribution >= 4 is 49.4 Å². The second-order valence-corrected chi connectivity index (χ2v) is 7.97. The van der Waals surface area contributed by atoms with Gasteiger partial charge in [0, 0.05) is 8.95 Å². The van der Waals surface area contributed by atoms with Crippen molar-refractivity contribution < 1.29 is 9.59 Å². The maximum atomic E-state index is 12.9. The minimum absolute atomic E-state index is 0.0952. The number of nitrogens with one attached hydrogen (secondary N) is 1. The van der Waals surface area contributed by atoms with E-state index in [-0.39, 0.29) is 17.2 Å². The summed E-state index contributed by atoms with van der Waals surface area (Å²) >= 11 is 6.94. The molecular weight excluding hydrogens is 400 g/mol. The molecule has 0 radical (unpaired) electrons. The van der Waals surface area contributed by atoms with Crippen LogP contribution in [0.2, 0.25) is 0 Å². The van der Waals surface area contributed by atoms with Crippen LogP contribution in [-0.2, 0) is 9.59 Å². The fourth-order valence-corrected chi connectivity index (χ4v) is 3.76. The molecule has 6 heteroatoms. The quantitative estimate of drug-likeness (QED) is 0.760. The van der Waals surface area contributed by atoms with Gasteiger partial charge < -0.3 is 5.32 Å². The lowest BCUT2D eigenvalue weighted by molar-refractivity contribution is -0.136. The maximum absolute atomic E-state index is 12.9. The summed E-state index contributed by atoms with van der Waals surface area (Å²) in [6.45, 7) is 7.56. The highest BCUT2D eigenvalue weighted by Crippen LogP contribution is 2.38. The van der Waals surface area contributed by atoms with E-state index in [1.54, 1.807) is 11.8 Å². The first-order valence-electron chi connectivity index (χ1n) is 6.72. The lowest BCUT2D eigenvalue weighted by atomic mass is 9.84. The van der Waals surface area contributed by atoms with Crippen LogP contribution in [0.3, 0.4) is 0 Å². The molecule has 2 amide bonds. The number of halogens is 2. The number of nitrogens with zero attached hydrogens (tertiary/aromatic N) is 1. The summed E-state index contributed by atoms with van der Waals surface area (Å²) in [6, 6.07) is 4.50. The molecule has 0 aromatic heterocycles. The third-order valence-electron chi connectivity index (χ3n) is 3.58. The Balaban J connectivity index is 2.54. The summed E-state index contributed by atoms with van der Waals surface area (Å²) in [5, 5.41) is 2.83. The molecule has 21 heavy (non-hydrogen) atoms. The van der Waals surface area contributed by atoms with Crippen LogP contribution in [0.15, 0.2) is 27.1 Å². The number of carbonyl (C=O) groups excluding carboxylic acids is 2. The topological polar surface area (TPSA) is 49.4 Å². The average Bonchev–Trinajstić information content (AvgIpc) is 2.36. The Labute approximate surface area is 141 Å². The molecule has 114 valence electrons. The summed E-state index contributed by atoms with van der Waals surface area (Å²) in [7, 11) is 0. The van der Waals surface area contributed by atoms with E-state index in [0.29, 0.717) is 5.69 Å². The van der Waals surface area contributed by atoms with Crippen molar-refractivity contribution in [1.82, 2.24) is 5.32 Å². The molecule has 0 bridgehead atoms. The standard InChI is InChI=1S/C15H18Br2N2O2/c1-8-13(20)18-12(15(2,3)4)14(21)19(8)11-9(16)6-5-7-10(11)17/h5-8,12H,1-4H3,(H,18,20). The zero-order valence-electron chi connectivity index (χ0n) is 12.4. The van der Waals surface area contributed by atoms with Gasteiger partial charge in [-0.3, -0.25) is 14.5 Å². The first-order chi connectivity index (χ1) is 9.64. The number of hydrogen-bond acceptors (Lipinski definition) is 2. The van der Waals surface area contributed by atoms with Gasteiger partial charge in [-0.15, -0.1) is 0 Å². The van der Waals surface area contributed by atoms with Crippen LogP contribution in [0, 0.1) is 5.41 Å². The van der Waals surface area contributed by atoms with Gasteiger partial charge in [0.05, 0.1) is 5.69 Å². The van der Waals surface area contributed by atoms with Crippen molar-refractivity contribution in [2.75, 3.05) is 4.90 Å². The Morgan fingerprint density at radius 1 is 1.14 bits per heavy atom. The second kappa shape index (κ2) is 5.72. The van der Waals surface area contributed by atoms with E-state index in [1.807, 2.05) is 39.0 Å². The summed E-state index contributed by atoms with van der Waals surface area (Å²) in [5.74, 6) is -0.237. The summed E-state index contributed by atoms with van der Waals surface area (Å²) in [5.41, 5.74) is 0.345. The molecule has 0 saturated carbocycles. The van der Waals surface area contributed by atoms with Crippen molar-refractivity contribution in [2.45, 2.75) is 39.8 Å². The van der Waals surface area contributed by atoms with Crippen LogP contribution in [0.25, 0.3) is 0 Å². The molecule has 2 rings (SSSR count). The van der Waals surface area contributed by atoms with Crippen LogP contribution in [0.5, 0.6) is 0 Å². The molecule has 1 fully saturated rings. The molecule has 0 spiro atoms. The van der Waals surface area contributed by atoms with Crippen molar-refractivity contribution in [3.63, 3.8) is 0 Å². The predicted octanol–water partition coefficient (Wildman–Crippen LogP) is 3.48. The van der Waals surface area contributed by atoms with Gasteiger partial charge in [0.1, 0.15) is 12.1 Å². The number of para-hydroxylation sites is 1. The van der Waals surface area contributed by atoms with Crippen LogP contribution in [-0.4, -0.2) is 23.9 Å². The molecule has 1 aliphatic rings. The number of rotatable bonds is 1. The lowest BCUT2D eigenvalue weighted by Gasteiger charge is -2.42. The number of benzene rings is 1. The molecule has 0 aliphatic carbocycles. The lowest BCUT2D eigenvalue weighted by Crippen LogP contribution is -2.66. The normalized spacial score (nSPS) is 23.2. The van der Waals surface area contributed by atoms with E-state index >= 15 is 0 Å². The Morgan fingerprint density at radius 3 is 2.14 bits per heavy atom. The van der Waals surface area contributed by atoms with E-state index in [4.69, 9.17) is 0 Å². The highest BCUT2D eigenvalue weighted by molar-refractivity contribution is 9.11. The van der Waals surface area contributed by atoms with Gasteiger partial charge in [-0.2, -0.15) is 0 Å². The SMILES string of the molecule is CC1C(=O)NC(C(C)(C)C)C(=O)N1c1c(Br)cccc1Br. The van der Waals surface area contributed by atoms with Crippen molar-refractivity contribution in [3.8, 4) is 0 Å². The molecule has 2 atom stereocenters. The molecule has 1 heterocycles. The smallest absolute Gasteiger partial charge is 0.250 e. The van der Waals surface area contributed by atoms with Gasteiger partial charge >= 0.3 is 0 Å².